The van der Waals surface area contributed by atoms with Crippen LogP contribution in [-0.4, -0.2) is 49.4 Å². The van der Waals surface area contributed by atoms with Gasteiger partial charge in [0, 0.05) is 35.3 Å². The summed E-state index contributed by atoms with van der Waals surface area (Å²) in [6, 6.07) is 10.6. The Kier molecular flexibility index (Phi) is 7.59. The van der Waals surface area contributed by atoms with E-state index in [9.17, 15) is 18.0 Å². The van der Waals surface area contributed by atoms with Gasteiger partial charge in [-0.2, -0.15) is 4.31 Å². The lowest BCUT2D eigenvalue weighted by Gasteiger charge is -2.30. The molecule has 2 aromatic rings. The van der Waals surface area contributed by atoms with E-state index in [2.05, 4.69) is 12.2 Å². The number of nitrogens with one attached hydrogen (secondary N) is 1. The molecule has 1 saturated heterocycles. The Bertz CT molecular complexity index is 1240. The van der Waals surface area contributed by atoms with Crippen LogP contribution in [0, 0.1) is 19.8 Å². The lowest BCUT2D eigenvalue weighted by Crippen LogP contribution is -2.39. The number of rotatable bonds is 5. The van der Waals surface area contributed by atoms with Crippen molar-refractivity contribution >= 4 is 45.0 Å². The van der Waals surface area contributed by atoms with Crippen LogP contribution in [-0.2, 0) is 19.6 Å². The third-order valence-corrected chi connectivity index (χ3v) is 9.85. The van der Waals surface area contributed by atoms with Crippen LogP contribution in [0.1, 0.15) is 44.2 Å². The second-order valence-electron chi connectivity index (χ2n) is 9.68. The molecule has 1 atom stereocenters. The number of hydrogen-bond acceptors (Lipinski definition) is 5. The zero-order valence-electron chi connectivity index (χ0n) is 20.7. The monoisotopic (exact) mass is 515 g/mol. The van der Waals surface area contributed by atoms with Gasteiger partial charge in [0.15, 0.2) is 0 Å². The van der Waals surface area contributed by atoms with Crippen LogP contribution in [0.25, 0.3) is 0 Å². The highest BCUT2D eigenvalue weighted by atomic mass is 32.2. The van der Waals surface area contributed by atoms with Gasteiger partial charge in [-0.15, -0.1) is 11.8 Å². The molecule has 0 saturated carbocycles. The number of piperidine rings is 1. The van der Waals surface area contributed by atoms with Gasteiger partial charge in [-0.3, -0.25) is 9.59 Å². The number of aryl methyl sites for hydroxylation is 2. The van der Waals surface area contributed by atoms with Crippen molar-refractivity contribution in [2.45, 2.75) is 62.0 Å². The SMILES string of the molecule is Cc1ccc(NC(=O)CN2C(=O)CC(C)Sc3ccc(S(=O)(=O)N4CCC(C)CC4)cc32)cc1C. The molecule has 2 amide bonds. The van der Waals surface area contributed by atoms with Crippen molar-refractivity contribution in [2.75, 3.05) is 29.9 Å². The fraction of sp³-hybridized carbons (Fsp3) is 0.462. The minimum atomic E-state index is -3.69. The van der Waals surface area contributed by atoms with E-state index in [1.54, 1.807) is 18.2 Å². The predicted molar refractivity (Wildman–Crippen MR) is 140 cm³/mol. The highest BCUT2D eigenvalue weighted by Gasteiger charge is 2.32. The van der Waals surface area contributed by atoms with Gasteiger partial charge in [0.1, 0.15) is 6.54 Å². The first-order valence-corrected chi connectivity index (χ1v) is 14.3. The highest BCUT2D eigenvalue weighted by molar-refractivity contribution is 8.00. The number of carbonyl (C=O) groups is 2. The lowest BCUT2D eigenvalue weighted by atomic mass is 10.0. The molecule has 7 nitrogen and oxygen atoms in total. The van der Waals surface area contributed by atoms with Crippen molar-refractivity contribution in [2.24, 2.45) is 5.92 Å². The van der Waals surface area contributed by atoms with E-state index < -0.39 is 10.0 Å². The van der Waals surface area contributed by atoms with Gasteiger partial charge < -0.3 is 10.2 Å². The molecule has 2 aliphatic rings. The first-order valence-electron chi connectivity index (χ1n) is 12.0. The van der Waals surface area contributed by atoms with Gasteiger partial charge in [0.2, 0.25) is 21.8 Å². The molecule has 0 aliphatic carbocycles. The molecule has 4 rings (SSSR count). The number of fused-ring (bicyclic) bond motifs is 1. The molecular weight excluding hydrogens is 482 g/mol. The first kappa shape index (κ1) is 25.7. The van der Waals surface area contributed by atoms with Gasteiger partial charge >= 0.3 is 0 Å². The Morgan fingerprint density at radius 2 is 1.77 bits per heavy atom. The summed E-state index contributed by atoms with van der Waals surface area (Å²) in [5.41, 5.74) is 3.33. The van der Waals surface area contributed by atoms with Crippen LogP contribution in [0.4, 0.5) is 11.4 Å². The average molecular weight is 516 g/mol. The van der Waals surface area contributed by atoms with Crippen LogP contribution >= 0.6 is 11.8 Å². The second kappa shape index (κ2) is 10.3. The molecule has 188 valence electrons. The molecule has 0 spiro atoms. The Hall–Kier alpha value is -2.36. The zero-order valence-corrected chi connectivity index (χ0v) is 22.3. The summed E-state index contributed by atoms with van der Waals surface area (Å²) >= 11 is 1.53. The highest BCUT2D eigenvalue weighted by Crippen LogP contribution is 2.40. The lowest BCUT2D eigenvalue weighted by molar-refractivity contribution is -0.121. The minimum absolute atomic E-state index is 0.0140. The molecule has 35 heavy (non-hydrogen) atoms. The van der Waals surface area contributed by atoms with Crippen LogP contribution in [0.15, 0.2) is 46.2 Å². The Labute approximate surface area is 212 Å². The number of sulfonamides is 1. The number of thioether (sulfide) groups is 1. The number of nitrogens with zero attached hydrogens (tertiary/aromatic N) is 2. The maximum absolute atomic E-state index is 13.4. The Morgan fingerprint density at radius 3 is 2.46 bits per heavy atom. The van der Waals surface area contributed by atoms with Crippen LogP contribution in [0.5, 0.6) is 0 Å². The van der Waals surface area contributed by atoms with E-state index in [0.717, 1.165) is 28.9 Å². The Balaban J connectivity index is 1.63. The molecule has 1 N–H and O–H groups in total. The summed E-state index contributed by atoms with van der Waals surface area (Å²) in [7, 11) is -3.69. The van der Waals surface area contributed by atoms with E-state index in [1.165, 1.54) is 21.0 Å². The predicted octanol–water partition coefficient (Wildman–Crippen LogP) is 4.58. The number of benzene rings is 2. The molecule has 2 aliphatic heterocycles. The maximum Gasteiger partial charge on any atom is 0.244 e. The summed E-state index contributed by atoms with van der Waals surface area (Å²) in [5, 5.41) is 2.89. The first-order chi connectivity index (χ1) is 16.5. The summed E-state index contributed by atoms with van der Waals surface area (Å²) in [6.07, 6.45) is 1.93. The summed E-state index contributed by atoms with van der Waals surface area (Å²) in [4.78, 5) is 28.5. The fourth-order valence-electron chi connectivity index (χ4n) is 4.43. The summed E-state index contributed by atoms with van der Waals surface area (Å²) in [5.74, 6) is -0.0129. The van der Waals surface area contributed by atoms with Gasteiger partial charge in [0.05, 0.1) is 10.6 Å². The number of hydrogen-bond donors (Lipinski definition) is 1. The van der Waals surface area contributed by atoms with Gasteiger partial charge in [-0.1, -0.05) is 19.9 Å². The third kappa shape index (κ3) is 5.73. The van der Waals surface area contributed by atoms with E-state index >= 15 is 0 Å². The van der Waals surface area contributed by atoms with E-state index in [1.807, 2.05) is 39.0 Å². The summed E-state index contributed by atoms with van der Waals surface area (Å²) in [6.45, 7) is 8.88. The van der Waals surface area contributed by atoms with Crippen LogP contribution in [0.3, 0.4) is 0 Å². The zero-order chi connectivity index (χ0) is 25.3. The van der Waals surface area contributed by atoms with E-state index in [0.29, 0.717) is 30.4 Å². The normalized spacial score (nSPS) is 19.8. The largest absolute Gasteiger partial charge is 0.325 e. The number of amides is 2. The van der Waals surface area contributed by atoms with Gasteiger partial charge in [0.25, 0.3) is 0 Å². The second-order valence-corrected chi connectivity index (χ2v) is 13.1. The van der Waals surface area contributed by atoms with Crippen molar-refractivity contribution in [3.8, 4) is 0 Å². The molecule has 0 aromatic heterocycles. The van der Waals surface area contributed by atoms with E-state index in [-0.39, 0.29) is 34.9 Å². The maximum atomic E-state index is 13.4. The molecule has 2 aromatic carbocycles. The Morgan fingerprint density at radius 1 is 1.06 bits per heavy atom. The van der Waals surface area contributed by atoms with Crippen molar-refractivity contribution in [3.63, 3.8) is 0 Å². The smallest absolute Gasteiger partial charge is 0.244 e. The van der Waals surface area contributed by atoms with Crippen molar-refractivity contribution in [1.82, 2.24) is 4.31 Å². The topological polar surface area (TPSA) is 86.8 Å². The average Bonchev–Trinajstić information content (AvgIpc) is 2.91. The fourth-order valence-corrected chi connectivity index (χ4v) is 7.01. The third-order valence-electron chi connectivity index (χ3n) is 6.79. The number of carbonyl (C=O) groups excluding carboxylic acids is 2. The van der Waals surface area contributed by atoms with E-state index in [4.69, 9.17) is 0 Å². The quantitative estimate of drug-likeness (QED) is 0.630. The van der Waals surface area contributed by atoms with Crippen LogP contribution < -0.4 is 10.2 Å². The molecule has 9 heteroatoms. The molecular formula is C26H33N3O4S2. The van der Waals surface area contributed by atoms with Crippen LogP contribution in [0.2, 0.25) is 0 Å². The van der Waals surface area contributed by atoms with Crippen molar-refractivity contribution in [3.05, 3.63) is 47.5 Å². The van der Waals surface area contributed by atoms with Gasteiger partial charge in [-0.05, 0) is 74.1 Å². The summed E-state index contributed by atoms with van der Waals surface area (Å²) < 4.78 is 28.3. The molecule has 1 fully saturated rings. The minimum Gasteiger partial charge on any atom is -0.325 e. The van der Waals surface area contributed by atoms with Crippen molar-refractivity contribution < 1.29 is 18.0 Å². The molecule has 0 bridgehead atoms. The molecule has 0 radical (unpaired) electrons. The number of anilines is 2. The standard InChI is InChI=1S/C26H33N3O4S2/c1-17-9-11-28(12-10-17)35(32,33)22-7-8-24-23(15-22)29(26(31)14-20(4)34-24)16-25(30)27-21-6-5-18(2)19(3)13-21/h5-8,13,15,17,20H,9-12,14,16H2,1-4H3,(H,27,30). The molecule has 2 heterocycles. The van der Waals surface area contributed by atoms with Crippen molar-refractivity contribution in [1.29, 1.82) is 0 Å². The van der Waals surface area contributed by atoms with Gasteiger partial charge in [-0.25, -0.2) is 8.42 Å². The molecule has 1 unspecified atom stereocenters.